The number of rotatable bonds is 4. The molecular weight excluding hydrogens is 278 g/mol. The van der Waals surface area contributed by atoms with Crippen LogP contribution in [0.5, 0.6) is 0 Å². The molecule has 0 saturated carbocycles. The van der Waals surface area contributed by atoms with Gasteiger partial charge >= 0.3 is 0 Å². The van der Waals surface area contributed by atoms with Gasteiger partial charge in [-0.15, -0.1) is 11.3 Å². The third-order valence-corrected chi connectivity index (χ3v) is 4.97. The minimum atomic E-state index is 0.584. The maximum atomic E-state index is 5.74. The standard InChI is InChI=1S/C17H23N3S/c1-12(2)10-20-7-6-15-16(11-20)21-17(19-15)14-5-3-4-13(8-14)9-18/h3-5,8,12H,6-7,9-11,18H2,1-2H3. The lowest BCUT2D eigenvalue weighted by Crippen LogP contribution is -2.32. The van der Waals surface area contributed by atoms with Gasteiger partial charge in [-0.2, -0.15) is 0 Å². The van der Waals surface area contributed by atoms with E-state index in [2.05, 4.69) is 43.0 Å². The molecule has 3 rings (SSSR count). The fraction of sp³-hybridized carbons (Fsp3) is 0.471. The Labute approximate surface area is 130 Å². The summed E-state index contributed by atoms with van der Waals surface area (Å²) in [7, 11) is 0. The van der Waals surface area contributed by atoms with E-state index < -0.39 is 0 Å². The molecule has 4 heteroatoms. The van der Waals surface area contributed by atoms with Gasteiger partial charge in [0.1, 0.15) is 5.01 Å². The molecule has 1 aromatic carbocycles. The predicted octanol–water partition coefficient (Wildman–Crippen LogP) is 3.28. The largest absolute Gasteiger partial charge is 0.326 e. The van der Waals surface area contributed by atoms with Gasteiger partial charge in [-0.1, -0.05) is 32.0 Å². The van der Waals surface area contributed by atoms with Gasteiger partial charge in [0.05, 0.1) is 5.69 Å². The molecular formula is C17H23N3S. The van der Waals surface area contributed by atoms with Crippen molar-refractivity contribution in [3.8, 4) is 10.6 Å². The van der Waals surface area contributed by atoms with Crippen LogP contribution in [0.1, 0.15) is 30.0 Å². The van der Waals surface area contributed by atoms with Crippen molar-refractivity contribution in [3.05, 3.63) is 40.4 Å². The van der Waals surface area contributed by atoms with E-state index in [4.69, 9.17) is 10.7 Å². The molecule has 0 amide bonds. The van der Waals surface area contributed by atoms with Crippen LogP contribution >= 0.6 is 11.3 Å². The Kier molecular flexibility index (Phi) is 4.38. The average molecular weight is 301 g/mol. The summed E-state index contributed by atoms with van der Waals surface area (Å²) in [4.78, 5) is 8.85. The van der Waals surface area contributed by atoms with Crippen LogP contribution in [0.25, 0.3) is 10.6 Å². The van der Waals surface area contributed by atoms with Crippen LogP contribution in [0.2, 0.25) is 0 Å². The van der Waals surface area contributed by atoms with Crippen LogP contribution in [0.3, 0.4) is 0 Å². The second-order valence-corrected chi connectivity index (χ2v) is 7.26. The summed E-state index contributed by atoms with van der Waals surface area (Å²) in [5.41, 5.74) is 9.40. The molecule has 0 spiro atoms. The Morgan fingerprint density at radius 1 is 1.38 bits per heavy atom. The molecule has 21 heavy (non-hydrogen) atoms. The highest BCUT2D eigenvalue weighted by Crippen LogP contribution is 2.32. The zero-order valence-corrected chi connectivity index (χ0v) is 13.6. The third kappa shape index (κ3) is 3.34. The quantitative estimate of drug-likeness (QED) is 0.942. The lowest BCUT2D eigenvalue weighted by atomic mass is 10.1. The van der Waals surface area contributed by atoms with E-state index in [-0.39, 0.29) is 0 Å². The minimum Gasteiger partial charge on any atom is -0.326 e. The molecule has 0 aliphatic carbocycles. The highest BCUT2D eigenvalue weighted by atomic mass is 32.1. The van der Waals surface area contributed by atoms with E-state index >= 15 is 0 Å². The van der Waals surface area contributed by atoms with Crippen LogP contribution in [-0.4, -0.2) is 23.0 Å². The van der Waals surface area contributed by atoms with Crippen LogP contribution < -0.4 is 5.73 Å². The van der Waals surface area contributed by atoms with Gasteiger partial charge in [0.25, 0.3) is 0 Å². The average Bonchev–Trinajstić information content (AvgIpc) is 2.90. The first-order valence-corrected chi connectivity index (χ1v) is 8.47. The van der Waals surface area contributed by atoms with E-state index in [0.717, 1.165) is 30.4 Å². The number of benzene rings is 1. The number of nitrogens with two attached hydrogens (primary N) is 1. The Balaban J connectivity index is 1.82. The van der Waals surface area contributed by atoms with E-state index in [1.807, 2.05) is 11.3 Å². The second kappa shape index (κ2) is 6.26. The second-order valence-electron chi connectivity index (χ2n) is 6.17. The maximum Gasteiger partial charge on any atom is 0.123 e. The molecule has 3 nitrogen and oxygen atoms in total. The molecule has 0 saturated heterocycles. The number of nitrogens with zero attached hydrogens (tertiary/aromatic N) is 2. The maximum absolute atomic E-state index is 5.74. The highest BCUT2D eigenvalue weighted by molar-refractivity contribution is 7.15. The molecule has 1 aliphatic rings. The molecule has 0 radical (unpaired) electrons. The lowest BCUT2D eigenvalue weighted by Gasteiger charge is -2.27. The number of thiazole rings is 1. The summed E-state index contributed by atoms with van der Waals surface area (Å²) >= 11 is 1.84. The molecule has 2 N–H and O–H groups in total. The zero-order valence-electron chi connectivity index (χ0n) is 12.8. The molecule has 2 heterocycles. The first-order valence-electron chi connectivity index (χ1n) is 7.66. The van der Waals surface area contributed by atoms with Crippen molar-refractivity contribution in [2.45, 2.75) is 33.4 Å². The number of fused-ring (bicyclic) bond motifs is 1. The Morgan fingerprint density at radius 3 is 3.00 bits per heavy atom. The summed E-state index contributed by atoms with van der Waals surface area (Å²) < 4.78 is 0. The lowest BCUT2D eigenvalue weighted by molar-refractivity contribution is 0.228. The summed E-state index contributed by atoms with van der Waals surface area (Å²) in [5, 5.41) is 1.14. The third-order valence-electron chi connectivity index (χ3n) is 3.84. The number of hydrogen-bond acceptors (Lipinski definition) is 4. The van der Waals surface area contributed by atoms with E-state index in [0.29, 0.717) is 6.54 Å². The summed E-state index contributed by atoms with van der Waals surface area (Å²) in [6.07, 6.45) is 1.08. The summed E-state index contributed by atoms with van der Waals surface area (Å²) in [6, 6.07) is 8.44. The molecule has 1 aromatic heterocycles. The minimum absolute atomic E-state index is 0.584. The monoisotopic (exact) mass is 301 g/mol. The molecule has 0 bridgehead atoms. The number of hydrogen-bond donors (Lipinski definition) is 1. The van der Waals surface area contributed by atoms with Crippen LogP contribution in [0, 0.1) is 5.92 Å². The van der Waals surface area contributed by atoms with Crippen LogP contribution in [-0.2, 0) is 19.5 Å². The first kappa shape index (κ1) is 14.7. The Hall–Kier alpha value is -1.23. The molecule has 2 aromatic rings. The SMILES string of the molecule is CC(C)CN1CCc2nc(-c3cccc(CN)c3)sc2C1. The number of aromatic nitrogens is 1. The van der Waals surface area contributed by atoms with Gasteiger partial charge in [-0.3, -0.25) is 4.90 Å². The van der Waals surface area contributed by atoms with Crippen LogP contribution in [0.15, 0.2) is 24.3 Å². The van der Waals surface area contributed by atoms with E-state index in [9.17, 15) is 0 Å². The Morgan fingerprint density at radius 2 is 2.24 bits per heavy atom. The fourth-order valence-corrected chi connectivity index (χ4v) is 4.02. The van der Waals surface area contributed by atoms with Crippen molar-refractivity contribution in [2.75, 3.05) is 13.1 Å². The van der Waals surface area contributed by atoms with Crippen molar-refractivity contribution in [2.24, 2.45) is 11.7 Å². The zero-order chi connectivity index (χ0) is 14.8. The van der Waals surface area contributed by atoms with E-state index in [1.165, 1.54) is 28.2 Å². The van der Waals surface area contributed by atoms with Crippen molar-refractivity contribution >= 4 is 11.3 Å². The van der Waals surface area contributed by atoms with Gasteiger partial charge in [0.2, 0.25) is 0 Å². The van der Waals surface area contributed by atoms with Crippen molar-refractivity contribution in [1.82, 2.24) is 9.88 Å². The highest BCUT2D eigenvalue weighted by Gasteiger charge is 2.21. The molecule has 0 unspecified atom stereocenters. The van der Waals surface area contributed by atoms with Gasteiger partial charge in [0, 0.05) is 43.0 Å². The van der Waals surface area contributed by atoms with Crippen molar-refractivity contribution in [3.63, 3.8) is 0 Å². The topological polar surface area (TPSA) is 42.2 Å². The summed E-state index contributed by atoms with van der Waals surface area (Å²) in [5.74, 6) is 0.722. The molecule has 0 atom stereocenters. The van der Waals surface area contributed by atoms with Gasteiger partial charge in [0.15, 0.2) is 0 Å². The summed E-state index contributed by atoms with van der Waals surface area (Å²) in [6.45, 7) is 8.52. The molecule has 1 aliphatic heterocycles. The molecule has 112 valence electrons. The van der Waals surface area contributed by atoms with Crippen molar-refractivity contribution < 1.29 is 0 Å². The first-order chi connectivity index (χ1) is 10.2. The smallest absolute Gasteiger partial charge is 0.123 e. The van der Waals surface area contributed by atoms with Gasteiger partial charge in [-0.05, 0) is 17.5 Å². The van der Waals surface area contributed by atoms with E-state index in [1.54, 1.807) is 0 Å². The predicted molar refractivity (Wildman–Crippen MR) is 89.3 cm³/mol. The fourth-order valence-electron chi connectivity index (χ4n) is 2.88. The normalized spacial score (nSPS) is 15.4. The van der Waals surface area contributed by atoms with Gasteiger partial charge in [-0.25, -0.2) is 4.98 Å². The Bertz CT molecular complexity index is 618. The van der Waals surface area contributed by atoms with Gasteiger partial charge < -0.3 is 5.73 Å². The van der Waals surface area contributed by atoms with Crippen LogP contribution in [0.4, 0.5) is 0 Å². The molecule has 0 fully saturated rings. The van der Waals surface area contributed by atoms with Crippen molar-refractivity contribution in [1.29, 1.82) is 0 Å².